The zero-order valence-electron chi connectivity index (χ0n) is 16.0. The van der Waals surface area contributed by atoms with Crippen LogP contribution in [0, 0.1) is 0 Å². The number of hydrogen-bond donors (Lipinski definition) is 1. The summed E-state index contributed by atoms with van der Waals surface area (Å²) in [5.41, 5.74) is 3.35. The number of carbonyl (C=O) groups excluding carboxylic acids is 1. The highest BCUT2D eigenvalue weighted by Crippen LogP contribution is 2.22. The number of rotatable bonds is 6. The van der Waals surface area contributed by atoms with Crippen LogP contribution < -0.4 is 15.0 Å². The summed E-state index contributed by atoms with van der Waals surface area (Å²) in [4.78, 5) is 16.5. The maximum absolute atomic E-state index is 12.5. The molecule has 1 saturated heterocycles. The average Bonchev–Trinajstić information content (AvgIpc) is 2.73. The summed E-state index contributed by atoms with van der Waals surface area (Å²) in [6, 6.07) is 15.8. The lowest BCUT2D eigenvalue weighted by Gasteiger charge is -2.31. The van der Waals surface area contributed by atoms with E-state index in [0.29, 0.717) is 13.1 Å². The number of ether oxygens (including phenoxy) is 2. The van der Waals surface area contributed by atoms with Gasteiger partial charge in [0.05, 0.1) is 20.3 Å². The van der Waals surface area contributed by atoms with Crippen LogP contribution in [0.15, 0.2) is 48.5 Å². The van der Waals surface area contributed by atoms with Crippen LogP contribution in [0.25, 0.3) is 0 Å². The second-order valence-corrected chi connectivity index (χ2v) is 6.59. The maximum Gasteiger partial charge on any atom is 0.317 e. The molecule has 2 aromatic carbocycles. The SMILES string of the molecule is COc1ccc(CNC(=O)N(C)Cc2ccccc2N2CCOCC2)cc1. The summed E-state index contributed by atoms with van der Waals surface area (Å²) in [7, 11) is 3.46. The van der Waals surface area contributed by atoms with Gasteiger partial charge < -0.3 is 24.6 Å². The molecule has 2 amide bonds. The van der Waals surface area contributed by atoms with Crippen LogP contribution >= 0.6 is 0 Å². The first-order valence-corrected chi connectivity index (χ1v) is 9.20. The first kappa shape index (κ1) is 19.0. The summed E-state index contributed by atoms with van der Waals surface area (Å²) in [5.74, 6) is 0.807. The predicted molar refractivity (Wildman–Crippen MR) is 106 cm³/mol. The minimum atomic E-state index is -0.0948. The van der Waals surface area contributed by atoms with Gasteiger partial charge in [-0.05, 0) is 29.3 Å². The number of amides is 2. The molecule has 6 heteroatoms. The van der Waals surface area contributed by atoms with Crippen LogP contribution in [0.1, 0.15) is 11.1 Å². The molecule has 0 aromatic heterocycles. The van der Waals surface area contributed by atoms with Crippen molar-refractivity contribution in [1.29, 1.82) is 0 Å². The van der Waals surface area contributed by atoms with Crippen molar-refractivity contribution in [3.8, 4) is 5.75 Å². The Morgan fingerprint density at radius 1 is 1.15 bits per heavy atom. The standard InChI is InChI=1S/C21H27N3O3/c1-23(21(25)22-15-17-7-9-19(26-2)10-8-17)16-18-5-3-4-6-20(18)24-11-13-27-14-12-24/h3-10H,11-16H2,1-2H3,(H,22,25). The van der Waals surface area contributed by atoms with Gasteiger partial charge in [0.25, 0.3) is 0 Å². The number of hydrogen-bond acceptors (Lipinski definition) is 4. The number of para-hydroxylation sites is 1. The van der Waals surface area contributed by atoms with Crippen molar-refractivity contribution in [1.82, 2.24) is 10.2 Å². The number of benzene rings is 2. The molecule has 1 heterocycles. The molecule has 6 nitrogen and oxygen atoms in total. The number of morpholine rings is 1. The monoisotopic (exact) mass is 369 g/mol. The van der Waals surface area contributed by atoms with E-state index >= 15 is 0 Å². The molecule has 1 aliphatic heterocycles. The van der Waals surface area contributed by atoms with Crippen LogP contribution in [0.5, 0.6) is 5.75 Å². The van der Waals surface area contributed by atoms with E-state index in [1.807, 2.05) is 43.4 Å². The number of methoxy groups -OCH3 is 1. The number of nitrogens with zero attached hydrogens (tertiary/aromatic N) is 2. The summed E-state index contributed by atoms with van der Waals surface area (Å²) < 4.78 is 10.6. The molecule has 1 fully saturated rings. The number of urea groups is 1. The van der Waals surface area contributed by atoms with Gasteiger partial charge in [-0.3, -0.25) is 0 Å². The second-order valence-electron chi connectivity index (χ2n) is 6.59. The third-order valence-electron chi connectivity index (χ3n) is 4.70. The van der Waals surface area contributed by atoms with E-state index in [9.17, 15) is 4.79 Å². The Balaban J connectivity index is 1.57. The zero-order valence-corrected chi connectivity index (χ0v) is 16.0. The lowest BCUT2D eigenvalue weighted by Crippen LogP contribution is -2.39. The number of nitrogens with one attached hydrogen (secondary N) is 1. The van der Waals surface area contributed by atoms with Crippen LogP contribution in [-0.2, 0) is 17.8 Å². The summed E-state index contributed by atoms with van der Waals surface area (Å²) in [5, 5.41) is 2.97. The van der Waals surface area contributed by atoms with E-state index < -0.39 is 0 Å². The van der Waals surface area contributed by atoms with Gasteiger partial charge in [0.15, 0.2) is 0 Å². The first-order chi connectivity index (χ1) is 13.2. The Kier molecular flexibility index (Phi) is 6.54. The van der Waals surface area contributed by atoms with Crippen molar-refractivity contribution in [2.24, 2.45) is 0 Å². The van der Waals surface area contributed by atoms with E-state index in [1.54, 1.807) is 12.0 Å². The highest BCUT2D eigenvalue weighted by atomic mass is 16.5. The normalized spacial score (nSPS) is 13.9. The molecule has 1 aliphatic rings. The molecule has 2 aromatic rings. The van der Waals surface area contributed by atoms with Crippen molar-refractivity contribution in [3.63, 3.8) is 0 Å². The van der Waals surface area contributed by atoms with Crippen LogP contribution in [0.4, 0.5) is 10.5 Å². The third-order valence-corrected chi connectivity index (χ3v) is 4.70. The molecule has 27 heavy (non-hydrogen) atoms. The second kappa shape index (κ2) is 9.28. The fourth-order valence-electron chi connectivity index (χ4n) is 3.14. The van der Waals surface area contributed by atoms with E-state index in [2.05, 4.69) is 22.3 Å². The fraction of sp³-hybridized carbons (Fsp3) is 0.381. The topological polar surface area (TPSA) is 54.0 Å². The van der Waals surface area contributed by atoms with Crippen molar-refractivity contribution < 1.29 is 14.3 Å². The molecule has 0 spiro atoms. The van der Waals surface area contributed by atoms with Gasteiger partial charge in [0.2, 0.25) is 0 Å². The minimum absolute atomic E-state index is 0.0948. The van der Waals surface area contributed by atoms with Gasteiger partial charge in [-0.25, -0.2) is 4.79 Å². The lowest BCUT2D eigenvalue weighted by atomic mass is 10.1. The van der Waals surface area contributed by atoms with E-state index in [-0.39, 0.29) is 6.03 Å². The molecule has 0 radical (unpaired) electrons. The van der Waals surface area contributed by atoms with Crippen LogP contribution in [-0.4, -0.2) is 51.4 Å². The summed E-state index contributed by atoms with van der Waals surface area (Å²) in [6.07, 6.45) is 0. The molecule has 0 unspecified atom stereocenters. The van der Waals surface area contributed by atoms with Gasteiger partial charge in [0, 0.05) is 38.9 Å². The first-order valence-electron chi connectivity index (χ1n) is 9.20. The van der Waals surface area contributed by atoms with Gasteiger partial charge in [-0.1, -0.05) is 30.3 Å². The van der Waals surface area contributed by atoms with Crippen LogP contribution in [0.3, 0.4) is 0 Å². The largest absolute Gasteiger partial charge is 0.497 e. The number of carbonyl (C=O) groups is 1. The quantitative estimate of drug-likeness (QED) is 0.851. The zero-order chi connectivity index (χ0) is 19.1. The average molecular weight is 369 g/mol. The van der Waals surface area contributed by atoms with E-state index in [4.69, 9.17) is 9.47 Å². The molecule has 1 N–H and O–H groups in total. The molecule has 0 aliphatic carbocycles. The predicted octanol–water partition coefficient (Wildman–Crippen LogP) is 2.87. The molecule has 0 saturated carbocycles. The Hall–Kier alpha value is -2.73. The van der Waals surface area contributed by atoms with Gasteiger partial charge in [0.1, 0.15) is 5.75 Å². The Morgan fingerprint density at radius 2 is 1.85 bits per heavy atom. The smallest absolute Gasteiger partial charge is 0.317 e. The van der Waals surface area contributed by atoms with E-state index in [0.717, 1.165) is 43.2 Å². The molecule has 0 atom stereocenters. The molecule has 0 bridgehead atoms. The van der Waals surface area contributed by atoms with E-state index in [1.165, 1.54) is 5.69 Å². The molecule has 3 rings (SSSR count). The molecular formula is C21H27N3O3. The Labute approximate surface area is 160 Å². The fourth-order valence-corrected chi connectivity index (χ4v) is 3.14. The van der Waals surface area contributed by atoms with Crippen molar-refractivity contribution in [2.45, 2.75) is 13.1 Å². The summed E-state index contributed by atoms with van der Waals surface area (Å²) >= 11 is 0. The highest BCUT2D eigenvalue weighted by Gasteiger charge is 2.16. The third kappa shape index (κ3) is 5.14. The van der Waals surface area contributed by atoms with Gasteiger partial charge >= 0.3 is 6.03 Å². The van der Waals surface area contributed by atoms with Crippen molar-refractivity contribution in [2.75, 3.05) is 45.4 Å². The lowest BCUT2D eigenvalue weighted by molar-refractivity contribution is 0.122. The van der Waals surface area contributed by atoms with Crippen molar-refractivity contribution in [3.05, 3.63) is 59.7 Å². The van der Waals surface area contributed by atoms with Gasteiger partial charge in [-0.15, -0.1) is 0 Å². The van der Waals surface area contributed by atoms with Crippen LogP contribution in [0.2, 0.25) is 0 Å². The van der Waals surface area contributed by atoms with Crippen molar-refractivity contribution >= 4 is 11.7 Å². The minimum Gasteiger partial charge on any atom is -0.497 e. The van der Waals surface area contributed by atoms with Gasteiger partial charge in [-0.2, -0.15) is 0 Å². The molecular weight excluding hydrogens is 342 g/mol. The molecule has 144 valence electrons. The Bertz CT molecular complexity index is 743. The Morgan fingerprint density at radius 3 is 2.56 bits per heavy atom. The summed E-state index contributed by atoms with van der Waals surface area (Å²) in [6.45, 7) is 4.29. The highest BCUT2D eigenvalue weighted by molar-refractivity contribution is 5.74. The maximum atomic E-state index is 12.5. The number of anilines is 1.